The highest BCUT2D eigenvalue weighted by molar-refractivity contribution is 5.48. The van der Waals surface area contributed by atoms with E-state index in [0.29, 0.717) is 12.3 Å². The van der Waals surface area contributed by atoms with Gasteiger partial charge in [0.25, 0.3) is 0 Å². The van der Waals surface area contributed by atoms with Crippen molar-refractivity contribution < 1.29 is 9.66 Å². The van der Waals surface area contributed by atoms with Crippen LogP contribution >= 0.6 is 0 Å². The fraction of sp³-hybridized carbons (Fsp3) is 0.600. The van der Waals surface area contributed by atoms with Gasteiger partial charge >= 0.3 is 5.69 Å². The maximum absolute atomic E-state index is 11.0. The Kier molecular flexibility index (Phi) is 4.60. The van der Waals surface area contributed by atoms with Crippen LogP contribution < -0.4 is 10.1 Å². The number of nitrogens with one attached hydrogen (secondary N) is 1. The smallest absolute Gasteiger partial charge is 0.311 e. The lowest BCUT2D eigenvalue weighted by molar-refractivity contribution is -0.385. The van der Waals surface area contributed by atoms with Gasteiger partial charge in [-0.2, -0.15) is 0 Å². The molecule has 1 N–H and O–H groups in total. The highest BCUT2D eigenvalue weighted by atomic mass is 16.6. The lowest BCUT2D eigenvalue weighted by Crippen LogP contribution is -2.43. The van der Waals surface area contributed by atoms with Gasteiger partial charge in [0.15, 0.2) is 5.75 Å². The number of nitro groups is 1. The maximum atomic E-state index is 11.0. The molecule has 110 valence electrons. The summed E-state index contributed by atoms with van der Waals surface area (Å²) >= 11 is 0. The Bertz CT molecular complexity index is 482. The van der Waals surface area contributed by atoms with E-state index in [1.54, 1.807) is 12.1 Å². The molecular formula is C15H22N2O3. The third kappa shape index (κ3) is 3.48. The van der Waals surface area contributed by atoms with Gasteiger partial charge < -0.3 is 10.1 Å². The normalized spacial score (nSPS) is 17.7. The van der Waals surface area contributed by atoms with E-state index >= 15 is 0 Å². The predicted octanol–water partition coefficient (Wildman–Crippen LogP) is 3.42. The summed E-state index contributed by atoms with van der Waals surface area (Å²) in [6.45, 7) is 2.89. The summed E-state index contributed by atoms with van der Waals surface area (Å²) < 4.78 is 5.01. The molecule has 0 radical (unpaired) electrons. The second-order valence-corrected chi connectivity index (χ2v) is 5.74. The van der Waals surface area contributed by atoms with Gasteiger partial charge in [-0.25, -0.2) is 0 Å². The Morgan fingerprint density at radius 1 is 1.35 bits per heavy atom. The quantitative estimate of drug-likeness (QED) is 0.662. The maximum Gasteiger partial charge on any atom is 0.311 e. The van der Waals surface area contributed by atoms with Crippen LogP contribution in [0.15, 0.2) is 18.2 Å². The summed E-state index contributed by atoms with van der Waals surface area (Å²) in [5.41, 5.74) is 1.11. The summed E-state index contributed by atoms with van der Waals surface area (Å²) in [5, 5.41) is 14.6. The minimum atomic E-state index is -0.398. The van der Waals surface area contributed by atoms with Crippen LogP contribution in [0.25, 0.3) is 0 Å². The molecule has 0 amide bonds. The second-order valence-electron chi connectivity index (χ2n) is 5.74. The zero-order valence-electron chi connectivity index (χ0n) is 12.1. The fourth-order valence-corrected chi connectivity index (χ4v) is 2.81. The summed E-state index contributed by atoms with van der Waals surface area (Å²) in [6, 6.07) is 5.14. The zero-order chi connectivity index (χ0) is 14.6. The van der Waals surface area contributed by atoms with Crippen molar-refractivity contribution in [3.05, 3.63) is 33.9 Å². The summed E-state index contributed by atoms with van der Waals surface area (Å²) in [7, 11) is 1.45. The number of methoxy groups -OCH3 is 1. The number of ether oxygens (including phenoxy) is 1. The van der Waals surface area contributed by atoms with Gasteiger partial charge in [-0.3, -0.25) is 10.1 Å². The number of nitro benzene ring substituents is 1. The van der Waals surface area contributed by atoms with Crippen LogP contribution in [0.5, 0.6) is 5.75 Å². The summed E-state index contributed by atoms with van der Waals surface area (Å²) in [6.07, 6.45) is 6.17. The molecule has 1 aliphatic carbocycles. The molecule has 2 rings (SSSR count). The van der Waals surface area contributed by atoms with Crippen LogP contribution in [-0.4, -0.2) is 17.6 Å². The van der Waals surface area contributed by atoms with Crippen LogP contribution in [-0.2, 0) is 6.54 Å². The number of nitrogens with zero attached hydrogens (tertiary/aromatic N) is 1. The molecule has 0 saturated heterocycles. The Morgan fingerprint density at radius 2 is 2.05 bits per heavy atom. The minimum absolute atomic E-state index is 0.0283. The van der Waals surface area contributed by atoms with Crippen LogP contribution in [0.4, 0.5) is 5.69 Å². The summed E-state index contributed by atoms with van der Waals surface area (Å²) in [5.74, 6) is 0.308. The number of hydrogen-bond acceptors (Lipinski definition) is 4. The molecule has 5 heteroatoms. The van der Waals surface area contributed by atoms with E-state index in [1.165, 1.54) is 39.2 Å². The Hall–Kier alpha value is -1.62. The van der Waals surface area contributed by atoms with Crippen molar-refractivity contribution in [1.82, 2.24) is 5.32 Å². The SMILES string of the molecule is COc1ccc(CNC2(C)CCCCC2)cc1[N+](=O)[O-]. The van der Waals surface area contributed by atoms with Gasteiger partial charge in [0.05, 0.1) is 12.0 Å². The number of hydrogen-bond donors (Lipinski definition) is 1. The minimum Gasteiger partial charge on any atom is -0.490 e. The van der Waals surface area contributed by atoms with Crippen molar-refractivity contribution in [2.45, 2.75) is 51.1 Å². The van der Waals surface area contributed by atoms with Crippen molar-refractivity contribution >= 4 is 5.69 Å². The van der Waals surface area contributed by atoms with Gasteiger partial charge in [0.1, 0.15) is 0 Å². The van der Waals surface area contributed by atoms with Gasteiger partial charge in [-0.1, -0.05) is 25.3 Å². The zero-order valence-corrected chi connectivity index (χ0v) is 12.1. The van der Waals surface area contributed by atoms with Crippen molar-refractivity contribution in [3.8, 4) is 5.75 Å². The molecule has 0 spiro atoms. The van der Waals surface area contributed by atoms with Gasteiger partial charge in [-0.05, 0) is 31.4 Å². The highest BCUT2D eigenvalue weighted by Gasteiger charge is 2.26. The van der Waals surface area contributed by atoms with Gasteiger partial charge in [-0.15, -0.1) is 0 Å². The van der Waals surface area contributed by atoms with Crippen molar-refractivity contribution in [2.75, 3.05) is 7.11 Å². The van der Waals surface area contributed by atoms with E-state index in [2.05, 4.69) is 12.2 Å². The lowest BCUT2D eigenvalue weighted by Gasteiger charge is -2.34. The first-order chi connectivity index (χ1) is 9.54. The van der Waals surface area contributed by atoms with E-state index in [1.807, 2.05) is 6.07 Å². The first kappa shape index (κ1) is 14.8. The molecular weight excluding hydrogens is 256 g/mol. The first-order valence-corrected chi connectivity index (χ1v) is 7.10. The predicted molar refractivity (Wildman–Crippen MR) is 78.0 cm³/mol. The molecule has 0 aromatic heterocycles. The first-order valence-electron chi connectivity index (χ1n) is 7.10. The van der Waals surface area contributed by atoms with E-state index in [0.717, 1.165) is 5.56 Å². The van der Waals surface area contributed by atoms with E-state index in [4.69, 9.17) is 4.74 Å². The molecule has 0 atom stereocenters. The topological polar surface area (TPSA) is 64.4 Å². The molecule has 1 aromatic carbocycles. The second kappa shape index (κ2) is 6.22. The largest absolute Gasteiger partial charge is 0.490 e. The standard InChI is InChI=1S/C15H22N2O3/c1-15(8-4-3-5-9-15)16-11-12-6-7-14(20-2)13(10-12)17(18)19/h6-7,10,16H,3-5,8-9,11H2,1-2H3. The summed E-state index contributed by atoms with van der Waals surface area (Å²) in [4.78, 5) is 10.6. The molecule has 1 saturated carbocycles. The molecule has 1 aliphatic rings. The van der Waals surface area contributed by atoms with E-state index < -0.39 is 4.92 Å². The average Bonchev–Trinajstić information content (AvgIpc) is 2.45. The van der Waals surface area contributed by atoms with Crippen LogP contribution in [0.2, 0.25) is 0 Å². The molecule has 0 heterocycles. The highest BCUT2D eigenvalue weighted by Crippen LogP contribution is 2.30. The molecule has 1 fully saturated rings. The van der Waals surface area contributed by atoms with Crippen LogP contribution in [0, 0.1) is 10.1 Å². The van der Waals surface area contributed by atoms with Gasteiger partial charge in [0.2, 0.25) is 0 Å². The molecule has 5 nitrogen and oxygen atoms in total. The molecule has 0 aliphatic heterocycles. The lowest BCUT2D eigenvalue weighted by atomic mass is 9.83. The van der Waals surface area contributed by atoms with Gasteiger partial charge in [0, 0.05) is 18.2 Å². The number of rotatable bonds is 5. The monoisotopic (exact) mass is 278 g/mol. The van der Waals surface area contributed by atoms with Crippen molar-refractivity contribution in [3.63, 3.8) is 0 Å². The van der Waals surface area contributed by atoms with Crippen molar-refractivity contribution in [1.29, 1.82) is 0 Å². The van der Waals surface area contributed by atoms with E-state index in [-0.39, 0.29) is 11.2 Å². The molecule has 20 heavy (non-hydrogen) atoms. The Balaban J connectivity index is 2.06. The third-order valence-corrected chi connectivity index (χ3v) is 4.12. The third-order valence-electron chi connectivity index (χ3n) is 4.12. The Labute approximate surface area is 119 Å². The fourth-order valence-electron chi connectivity index (χ4n) is 2.81. The molecule has 0 bridgehead atoms. The van der Waals surface area contributed by atoms with Crippen LogP contribution in [0.1, 0.15) is 44.6 Å². The molecule has 0 unspecified atom stereocenters. The van der Waals surface area contributed by atoms with Crippen molar-refractivity contribution in [2.24, 2.45) is 0 Å². The van der Waals surface area contributed by atoms with Crippen LogP contribution in [0.3, 0.4) is 0 Å². The average molecular weight is 278 g/mol. The van der Waals surface area contributed by atoms with E-state index in [9.17, 15) is 10.1 Å². The number of benzene rings is 1. The Morgan fingerprint density at radius 3 is 2.65 bits per heavy atom. The molecule has 1 aromatic rings.